The lowest BCUT2D eigenvalue weighted by Gasteiger charge is -2.11. The highest BCUT2D eigenvalue weighted by Crippen LogP contribution is 2.29. The molecule has 0 amide bonds. The molecular formula is C24H23N5O2. The van der Waals surface area contributed by atoms with Crippen LogP contribution in [0.25, 0.3) is 33.9 Å². The molecule has 0 radical (unpaired) electrons. The fourth-order valence-corrected chi connectivity index (χ4v) is 4.02. The van der Waals surface area contributed by atoms with Gasteiger partial charge in [-0.1, -0.05) is 35.9 Å². The minimum atomic E-state index is -0.394. The lowest BCUT2D eigenvalue weighted by atomic mass is 10.1. The molecule has 0 bridgehead atoms. The van der Waals surface area contributed by atoms with Crippen LogP contribution < -0.4 is 11.2 Å². The highest BCUT2D eigenvalue weighted by Gasteiger charge is 2.21. The van der Waals surface area contributed by atoms with Crippen LogP contribution in [-0.4, -0.2) is 23.1 Å². The number of hydrogen-bond donors (Lipinski definition) is 0. The maximum absolute atomic E-state index is 13.0. The Morgan fingerprint density at radius 3 is 2.23 bits per heavy atom. The van der Waals surface area contributed by atoms with E-state index >= 15 is 0 Å². The summed E-state index contributed by atoms with van der Waals surface area (Å²) in [6, 6.07) is 14.5. The molecule has 0 unspecified atom stereocenters. The molecule has 7 nitrogen and oxygen atoms in total. The molecule has 31 heavy (non-hydrogen) atoms. The molecule has 7 heteroatoms. The van der Waals surface area contributed by atoms with Crippen LogP contribution in [-0.2, 0) is 14.1 Å². The van der Waals surface area contributed by atoms with Crippen LogP contribution in [0.1, 0.15) is 16.7 Å². The number of fused-ring (bicyclic) bond motifs is 3. The first-order chi connectivity index (χ1) is 14.8. The van der Waals surface area contributed by atoms with Crippen LogP contribution >= 0.6 is 0 Å². The Balaban J connectivity index is 1.96. The first-order valence-electron chi connectivity index (χ1n) is 10.1. The Kier molecular flexibility index (Phi) is 4.05. The van der Waals surface area contributed by atoms with Gasteiger partial charge in [-0.15, -0.1) is 0 Å². The minimum Gasteiger partial charge on any atom is -0.279 e. The average molecular weight is 413 g/mol. The van der Waals surface area contributed by atoms with Gasteiger partial charge in [-0.2, -0.15) is 4.98 Å². The van der Waals surface area contributed by atoms with Gasteiger partial charge in [-0.05, 0) is 44.0 Å². The summed E-state index contributed by atoms with van der Waals surface area (Å²) >= 11 is 0. The third kappa shape index (κ3) is 2.70. The zero-order valence-electron chi connectivity index (χ0n) is 18.2. The molecule has 0 aliphatic carbocycles. The van der Waals surface area contributed by atoms with Gasteiger partial charge in [0.1, 0.15) is 0 Å². The maximum atomic E-state index is 13.0. The van der Waals surface area contributed by atoms with Crippen molar-refractivity contribution in [1.29, 1.82) is 0 Å². The van der Waals surface area contributed by atoms with Gasteiger partial charge < -0.3 is 0 Å². The average Bonchev–Trinajstić information content (AvgIpc) is 3.29. The zero-order valence-corrected chi connectivity index (χ0v) is 18.2. The summed E-state index contributed by atoms with van der Waals surface area (Å²) in [4.78, 5) is 30.2. The first-order valence-corrected chi connectivity index (χ1v) is 10.1. The number of rotatable bonds is 2. The molecule has 2 aromatic carbocycles. The number of imidazole rings is 2. The zero-order chi connectivity index (χ0) is 22.0. The number of aryl methyl sites for hydroxylation is 4. The van der Waals surface area contributed by atoms with E-state index in [1.165, 1.54) is 28.3 Å². The Labute approximate surface area is 178 Å². The van der Waals surface area contributed by atoms with E-state index in [9.17, 15) is 9.59 Å². The minimum absolute atomic E-state index is 0.363. The van der Waals surface area contributed by atoms with Gasteiger partial charge in [0, 0.05) is 31.5 Å². The Bertz CT molecular complexity index is 1610. The van der Waals surface area contributed by atoms with Gasteiger partial charge in [0.25, 0.3) is 5.56 Å². The van der Waals surface area contributed by atoms with E-state index < -0.39 is 5.69 Å². The van der Waals surface area contributed by atoms with Crippen LogP contribution in [0.3, 0.4) is 0 Å². The van der Waals surface area contributed by atoms with Crippen molar-refractivity contribution in [3.63, 3.8) is 0 Å². The lowest BCUT2D eigenvalue weighted by Crippen LogP contribution is -2.37. The first kappa shape index (κ1) is 19.1. The van der Waals surface area contributed by atoms with Crippen molar-refractivity contribution in [3.8, 4) is 16.9 Å². The third-order valence-corrected chi connectivity index (χ3v) is 6.06. The molecule has 0 aliphatic rings. The largest absolute Gasteiger partial charge is 0.332 e. The van der Waals surface area contributed by atoms with E-state index in [1.807, 2.05) is 10.8 Å². The molecule has 5 aromatic rings. The molecule has 0 atom stereocenters. The topological polar surface area (TPSA) is 66.2 Å². The van der Waals surface area contributed by atoms with Crippen LogP contribution in [0.5, 0.6) is 0 Å². The van der Waals surface area contributed by atoms with E-state index in [1.54, 1.807) is 11.4 Å². The fourth-order valence-electron chi connectivity index (χ4n) is 4.02. The van der Waals surface area contributed by atoms with Crippen LogP contribution in [0, 0.1) is 20.8 Å². The predicted molar refractivity (Wildman–Crippen MR) is 122 cm³/mol. The highest BCUT2D eigenvalue weighted by atomic mass is 16.2. The molecule has 0 N–H and O–H groups in total. The third-order valence-electron chi connectivity index (χ3n) is 6.06. The molecule has 5 rings (SSSR count). The monoisotopic (exact) mass is 413 g/mol. The second-order valence-corrected chi connectivity index (χ2v) is 8.14. The molecule has 0 saturated heterocycles. The summed E-state index contributed by atoms with van der Waals surface area (Å²) < 4.78 is 6.37. The normalized spacial score (nSPS) is 11.6. The van der Waals surface area contributed by atoms with Crippen molar-refractivity contribution in [2.24, 2.45) is 14.1 Å². The van der Waals surface area contributed by atoms with E-state index in [4.69, 9.17) is 4.98 Å². The maximum Gasteiger partial charge on any atom is 0.332 e. The quantitative estimate of drug-likeness (QED) is 0.446. The number of nitrogens with zero attached hydrogens (tertiary/aromatic N) is 5. The molecule has 0 saturated carbocycles. The Morgan fingerprint density at radius 2 is 1.55 bits per heavy atom. The van der Waals surface area contributed by atoms with Crippen molar-refractivity contribution in [2.45, 2.75) is 20.8 Å². The molecular weight excluding hydrogens is 390 g/mol. The van der Waals surface area contributed by atoms with Gasteiger partial charge >= 0.3 is 5.69 Å². The Morgan fingerprint density at radius 1 is 0.839 bits per heavy atom. The molecule has 0 aliphatic heterocycles. The van der Waals surface area contributed by atoms with Crippen LogP contribution in [0.15, 0.2) is 58.3 Å². The molecule has 0 spiro atoms. The summed E-state index contributed by atoms with van der Waals surface area (Å²) in [6.45, 7) is 6.21. The van der Waals surface area contributed by atoms with E-state index in [-0.39, 0.29) is 5.56 Å². The lowest BCUT2D eigenvalue weighted by molar-refractivity contribution is 0.708. The summed E-state index contributed by atoms with van der Waals surface area (Å²) in [7, 11) is 3.13. The predicted octanol–water partition coefficient (Wildman–Crippen LogP) is 3.27. The van der Waals surface area contributed by atoms with E-state index in [0.717, 1.165) is 21.5 Å². The van der Waals surface area contributed by atoms with Crippen molar-refractivity contribution in [1.82, 2.24) is 23.1 Å². The van der Waals surface area contributed by atoms with Gasteiger partial charge in [0.15, 0.2) is 11.2 Å². The second-order valence-electron chi connectivity index (χ2n) is 8.14. The summed E-state index contributed by atoms with van der Waals surface area (Å²) in [6.07, 6.45) is 1.93. The fraction of sp³-hybridized carbons (Fsp3) is 0.208. The van der Waals surface area contributed by atoms with E-state index in [2.05, 4.69) is 63.2 Å². The van der Waals surface area contributed by atoms with Gasteiger partial charge in [-0.25, -0.2) is 4.79 Å². The second kappa shape index (κ2) is 6.57. The molecule has 3 aromatic heterocycles. The van der Waals surface area contributed by atoms with Crippen molar-refractivity contribution in [2.75, 3.05) is 0 Å². The molecule has 3 heterocycles. The van der Waals surface area contributed by atoms with Crippen LogP contribution in [0.2, 0.25) is 0 Å². The van der Waals surface area contributed by atoms with Crippen molar-refractivity contribution >= 4 is 16.9 Å². The molecule has 0 fully saturated rings. The van der Waals surface area contributed by atoms with Gasteiger partial charge in [0.2, 0.25) is 5.78 Å². The van der Waals surface area contributed by atoms with E-state index in [0.29, 0.717) is 16.9 Å². The summed E-state index contributed by atoms with van der Waals surface area (Å²) in [5, 5.41) is 0. The van der Waals surface area contributed by atoms with Crippen molar-refractivity contribution < 1.29 is 0 Å². The SMILES string of the molecule is Cc1ccc(-c2cn3c4c(=O)n(C)c(=O)n(C)c4nc3n2-c2ccc(C)c(C)c2)cc1. The van der Waals surface area contributed by atoms with Crippen LogP contribution in [0.4, 0.5) is 0 Å². The molecule has 156 valence electrons. The summed E-state index contributed by atoms with van der Waals surface area (Å²) in [5.41, 5.74) is 6.43. The Hall–Kier alpha value is -3.87. The smallest absolute Gasteiger partial charge is 0.279 e. The number of aromatic nitrogens is 5. The van der Waals surface area contributed by atoms with Gasteiger partial charge in [-0.3, -0.25) is 22.9 Å². The van der Waals surface area contributed by atoms with Gasteiger partial charge in [0.05, 0.1) is 5.69 Å². The highest BCUT2D eigenvalue weighted by molar-refractivity contribution is 5.79. The number of hydrogen-bond acceptors (Lipinski definition) is 3. The standard InChI is InChI=1S/C24H23N5O2/c1-14-6-9-17(10-7-14)19-13-28-20-21(26(4)24(31)27(5)22(20)30)25-23(28)29(19)18-11-8-15(2)16(3)12-18/h6-13H,1-5H3. The summed E-state index contributed by atoms with van der Waals surface area (Å²) in [5.74, 6) is 0.590. The number of benzene rings is 2. The van der Waals surface area contributed by atoms with Crippen molar-refractivity contribution in [3.05, 3.63) is 86.2 Å².